The van der Waals surface area contributed by atoms with Crippen molar-refractivity contribution in [2.75, 3.05) is 5.32 Å². The van der Waals surface area contributed by atoms with Crippen molar-refractivity contribution in [3.05, 3.63) is 35.0 Å². The summed E-state index contributed by atoms with van der Waals surface area (Å²) < 4.78 is 5.17. The van der Waals surface area contributed by atoms with E-state index in [-0.39, 0.29) is 11.8 Å². The summed E-state index contributed by atoms with van der Waals surface area (Å²) >= 11 is 0. The monoisotopic (exact) mass is 313 g/mol. The van der Waals surface area contributed by atoms with Crippen LogP contribution in [-0.4, -0.2) is 26.2 Å². The van der Waals surface area contributed by atoms with Crippen LogP contribution in [0.2, 0.25) is 0 Å². The Bertz CT molecular complexity index is 845. The quantitative estimate of drug-likeness (QED) is 0.771. The molecule has 0 aromatic carbocycles. The van der Waals surface area contributed by atoms with E-state index >= 15 is 0 Å². The summed E-state index contributed by atoms with van der Waals surface area (Å²) in [5.41, 5.74) is 4.06. The van der Waals surface area contributed by atoms with Crippen molar-refractivity contribution in [2.24, 2.45) is 0 Å². The number of nitrogens with zero attached hydrogens (tertiary/aromatic N) is 3. The zero-order chi connectivity index (χ0) is 16.6. The first-order valence-electron chi connectivity index (χ1n) is 7.49. The van der Waals surface area contributed by atoms with Crippen LogP contribution in [0.4, 0.5) is 5.69 Å². The zero-order valence-corrected chi connectivity index (χ0v) is 13.6. The third-order valence-electron chi connectivity index (χ3n) is 3.96. The van der Waals surface area contributed by atoms with Gasteiger partial charge in [-0.2, -0.15) is 5.10 Å². The number of H-pyrrole nitrogens is 1. The number of amides is 1. The average Bonchev–Trinajstić information content (AvgIpc) is 3.02. The van der Waals surface area contributed by atoms with E-state index in [1.165, 1.54) is 0 Å². The maximum atomic E-state index is 12.3. The van der Waals surface area contributed by atoms with Gasteiger partial charge in [0.1, 0.15) is 5.76 Å². The molecule has 1 amide bonds. The van der Waals surface area contributed by atoms with E-state index in [1.54, 1.807) is 6.20 Å². The molecule has 0 bridgehead atoms. The van der Waals surface area contributed by atoms with Crippen LogP contribution < -0.4 is 5.32 Å². The van der Waals surface area contributed by atoms with Gasteiger partial charge in [-0.25, -0.2) is 4.98 Å². The first kappa shape index (κ1) is 15.2. The van der Waals surface area contributed by atoms with Crippen molar-refractivity contribution in [1.82, 2.24) is 20.3 Å². The molecule has 0 saturated carbocycles. The molecular weight excluding hydrogens is 294 g/mol. The van der Waals surface area contributed by atoms with Crippen LogP contribution in [0, 0.1) is 20.8 Å². The summed E-state index contributed by atoms with van der Waals surface area (Å²) in [7, 11) is 0. The molecule has 120 valence electrons. The van der Waals surface area contributed by atoms with Gasteiger partial charge in [-0.05, 0) is 32.8 Å². The predicted molar refractivity (Wildman–Crippen MR) is 86.3 cm³/mol. The summed E-state index contributed by atoms with van der Waals surface area (Å²) in [6.45, 7) is 7.67. The molecule has 23 heavy (non-hydrogen) atoms. The van der Waals surface area contributed by atoms with E-state index in [9.17, 15) is 4.79 Å². The Morgan fingerprint density at radius 1 is 1.39 bits per heavy atom. The summed E-state index contributed by atoms with van der Waals surface area (Å²) in [4.78, 5) is 16.5. The average molecular weight is 313 g/mol. The summed E-state index contributed by atoms with van der Waals surface area (Å²) in [6, 6.07) is 1.87. The van der Waals surface area contributed by atoms with E-state index in [0.29, 0.717) is 17.8 Å². The van der Waals surface area contributed by atoms with Gasteiger partial charge >= 0.3 is 0 Å². The predicted octanol–water partition coefficient (Wildman–Crippen LogP) is 3.00. The first-order chi connectivity index (χ1) is 11.0. The number of carbonyl (C=O) groups is 1. The number of rotatable bonds is 4. The molecule has 0 aliphatic rings. The number of carbonyl (C=O) groups excluding carboxylic acids is 1. The fraction of sp³-hybridized carbons (Fsp3) is 0.375. The molecule has 7 heteroatoms. The van der Waals surface area contributed by atoms with Crippen LogP contribution >= 0.6 is 0 Å². The SMILES string of the molecule is Cc1noc(C)c1[C@@H](C)CC(=O)Nc1cnc2n[nH]c(C)c2c1. The van der Waals surface area contributed by atoms with Crippen LogP contribution in [0.25, 0.3) is 11.0 Å². The first-order valence-corrected chi connectivity index (χ1v) is 7.49. The van der Waals surface area contributed by atoms with Gasteiger partial charge in [0, 0.05) is 23.1 Å². The minimum absolute atomic E-state index is 0.0357. The molecule has 0 saturated heterocycles. The van der Waals surface area contributed by atoms with Crippen LogP contribution in [-0.2, 0) is 4.79 Å². The Balaban J connectivity index is 1.72. The topological polar surface area (TPSA) is 96.7 Å². The van der Waals surface area contributed by atoms with Crippen molar-refractivity contribution in [3.8, 4) is 0 Å². The maximum Gasteiger partial charge on any atom is 0.225 e. The molecule has 7 nitrogen and oxygen atoms in total. The Hall–Kier alpha value is -2.70. The van der Waals surface area contributed by atoms with E-state index in [0.717, 1.165) is 28.1 Å². The molecule has 0 aliphatic heterocycles. The molecule has 0 aliphatic carbocycles. The molecule has 2 N–H and O–H groups in total. The Kier molecular flexibility index (Phi) is 3.85. The fourth-order valence-corrected chi connectivity index (χ4v) is 2.87. The number of fused-ring (bicyclic) bond motifs is 1. The Morgan fingerprint density at radius 3 is 2.87 bits per heavy atom. The second-order valence-electron chi connectivity index (χ2n) is 5.83. The van der Waals surface area contributed by atoms with E-state index in [2.05, 4.69) is 25.7 Å². The van der Waals surface area contributed by atoms with E-state index in [1.807, 2.05) is 33.8 Å². The lowest BCUT2D eigenvalue weighted by molar-refractivity contribution is -0.116. The summed E-state index contributed by atoms with van der Waals surface area (Å²) in [5.74, 6) is 0.730. The molecule has 0 fully saturated rings. The summed E-state index contributed by atoms with van der Waals surface area (Å²) in [5, 5.41) is 14.7. The van der Waals surface area contributed by atoms with Gasteiger partial charge < -0.3 is 9.84 Å². The van der Waals surface area contributed by atoms with Gasteiger partial charge in [0.2, 0.25) is 5.91 Å². The standard InChI is InChI=1S/C16H19N5O2/c1-8(15-10(3)21-23-11(15)4)5-14(22)18-12-6-13-9(2)19-20-16(13)17-7-12/h6-8H,5H2,1-4H3,(H,18,22)(H,17,19,20)/t8-/m0/s1. The van der Waals surface area contributed by atoms with Gasteiger partial charge in [-0.1, -0.05) is 12.1 Å². The molecule has 3 aromatic rings. The molecule has 3 heterocycles. The minimum atomic E-state index is -0.0696. The number of anilines is 1. The molecule has 1 atom stereocenters. The van der Waals surface area contributed by atoms with Gasteiger partial charge in [0.05, 0.1) is 17.6 Å². The lowest BCUT2D eigenvalue weighted by Gasteiger charge is -2.11. The van der Waals surface area contributed by atoms with Crippen molar-refractivity contribution in [1.29, 1.82) is 0 Å². The molecule has 3 rings (SSSR count). The zero-order valence-electron chi connectivity index (χ0n) is 13.6. The van der Waals surface area contributed by atoms with Gasteiger partial charge in [-0.3, -0.25) is 9.89 Å². The minimum Gasteiger partial charge on any atom is -0.361 e. The summed E-state index contributed by atoms with van der Waals surface area (Å²) in [6.07, 6.45) is 1.96. The molecule has 0 unspecified atom stereocenters. The van der Waals surface area contributed by atoms with Gasteiger partial charge in [0.25, 0.3) is 0 Å². The molecule has 3 aromatic heterocycles. The van der Waals surface area contributed by atoms with Crippen LogP contribution in [0.5, 0.6) is 0 Å². The Morgan fingerprint density at radius 2 is 2.17 bits per heavy atom. The van der Waals surface area contributed by atoms with E-state index < -0.39 is 0 Å². The van der Waals surface area contributed by atoms with Crippen LogP contribution in [0.15, 0.2) is 16.8 Å². The third-order valence-corrected chi connectivity index (χ3v) is 3.96. The number of aromatic nitrogens is 4. The van der Waals surface area contributed by atoms with Crippen molar-refractivity contribution in [2.45, 2.75) is 40.0 Å². The number of hydrogen-bond acceptors (Lipinski definition) is 5. The normalized spacial score (nSPS) is 12.5. The number of nitrogens with one attached hydrogen (secondary N) is 2. The highest BCUT2D eigenvalue weighted by Crippen LogP contribution is 2.26. The van der Waals surface area contributed by atoms with Crippen LogP contribution in [0.1, 0.15) is 42.0 Å². The second kappa shape index (κ2) is 5.83. The molecular formula is C16H19N5O2. The van der Waals surface area contributed by atoms with E-state index in [4.69, 9.17) is 4.52 Å². The smallest absolute Gasteiger partial charge is 0.225 e. The van der Waals surface area contributed by atoms with Gasteiger partial charge in [-0.15, -0.1) is 0 Å². The number of pyridine rings is 1. The highest BCUT2D eigenvalue weighted by Gasteiger charge is 2.19. The maximum absolute atomic E-state index is 12.3. The van der Waals surface area contributed by atoms with Crippen LogP contribution in [0.3, 0.4) is 0 Å². The second-order valence-corrected chi connectivity index (χ2v) is 5.83. The van der Waals surface area contributed by atoms with Crippen molar-refractivity contribution < 1.29 is 9.32 Å². The van der Waals surface area contributed by atoms with Crippen molar-refractivity contribution in [3.63, 3.8) is 0 Å². The Labute approximate surface area is 133 Å². The number of aromatic amines is 1. The highest BCUT2D eigenvalue weighted by molar-refractivity contribution is 5.93. The molecule has 0 radical (unpaired) electrons. The largest absolute Gasteiger partial charge is 0.361 e. The highest BCUT2D eigenvalue weighted by atomic mass is 16.5. The fourth-order valence-electron chi connectivity index (χ4n) is 2.87. The number of aryl methyl sites for hydroxylation is 3. The third kappa shape index (κ3) is 2.94. The number of hydrogen-bond donors (Lipinski definition) is 2. The van der Waals surface area contributed by atoms with Gasteiger partial charge in [0.15, 0.2) is 5.65 Å². The lowest BCUT2D eigenvalue weighted by Crippen LogP contribution is -2.15. The van der Waals surface area contributed by atoms with Crippen molar-refractivity contribution >= 4 is 22.6 Å². The molecule has 0 spiro atoms. The lowest BCUT2D eigenvalue weighted by atomic mass is 9.96.